The highest BCUT2D eigenvalue weighted by Crippen LogP contribution is 2.32. The molecule has 1 amide bonds. The molecule has 0 spiro atoms. The van der Waals surface area contributed by atoms with Gasteiger partial charge in [0.15, 0.2) is 0 Å². The first-order chi connectivity index (χ1) is 12.2. The Morgan fingerprint density at radius 2 is 1.77 bits per heavy atom. The molecule has 0 saturated heterocycles. The number of halogens is 3. The number of carbonyl (C=O) groups is 1. The van der Waals surface area contributed by atoms with Crippen LogP contribution in [0.25, 0.3) is 0 Å². The van der Waals surface area contributed by atoms with Gasteiger partial charge in [-0.15, -0.1) is 0 Å². The van der Waals surface area contributed by atoms with Crippen LogP contribution in [0, 0.1) is 0 Å². The van der Waals surface area contributed by atoms with Gasteiger partial charge in [-0.3, -0.25) is 4.79 Å². The number of carbonyl (C=O) groups excluding carboxylic acids is 1. The standard InChI is InChI=1S/C20H22F3NO2/c1-13(2)15-6-4-14(5-7-15)10-11-24-19(25)17-12-16(20(21,22)23)8-9-18(17)26-3/h4-9,12-13H,10-11H2,1-3H3,(H,24,25). The van der Waals surface area contributed by atoms with Crippen LogP contribution in [-0.2, 0) is 12.6 Å². The summed E-state index contributed by atoms with van der Waals surface area (Å²) >= 11 is 0. The summed E-state index contributed by atoms with van der Waals surface area (Å²) in [4.78, 5) is 12.3. The Bertz CT molecular complexity index is 753. The molecular weight excluding hydrogens is 343 g/mol. The van der Waals surface area contributed by atoms with Crippen molar-refractivity contribution in [3.05, 3.63) is 64.7 Å². The van der Waals surface area contributed by atoms with E-state index in [0.29, 0.717) is 18.9 Å². The van der Waals surface area contributed by atoms with Gasteiger partial charge >= 0.3 is 6.18 Å². The highest BCUT2D eigenvalue weighted by Gasteiger charge is 2.32. The number of hydrogen-bond acceptors (Lipinski definition) is 2. The number of rotatable bonds is 6. The molecule has 0 unspecified atom stereocenters. The molecule has 0 bridgehead atoms. The van der Waals surface area contributed by atoms with E-state index in [4.69, 9.17) is 4.74 Å². The van der Waals surface area contributed by atoms with Gasteiger partial charge in [0.25, 0.3) is 5.91 Å². The van der Waals surface area contributed by atoms with Gasteiger partial charge in [-0.1, -0.05) is 38.1 Å². The van der Waals surface area contributed by atoms with Crippen molar-refractivity contribution in [3.8, 4) is 5.75 Å². The largest absolute Gasteiger partial charge is 0.496 e. The molecule has 140 valence electrons. The lowest BCUT2D eigenvalue weighted by Gasteiger charge is -2.13. The molecule has 0 heterocycles. The zero-order chi connectivity index (χ0) is 19.3. The van der Waals surface area contributed by atoms with Crippen molar-refractivity contribution in [1.29, 1.82) is 0 Å². The summed E-state index contributed by atoms with van der Waals surface area (Å²) in [6.45, 7) is 4.54. The average molecular weight is 365 g/mol. The fourth-order valence-corrected chi connectivity index (χ4v) is 2.55. The maximum Gasteiger partial charge on any atom is 0.416 e. The van der Waals surface area contributed by atoms with Crippen LogP contribution in [-0.4, -0.2) is 19.6 Å². The van der Waals surface area contributed by atoms with Crippen molar-refractivity contribution in [2.24, 2.45) is 0 Å². The van der Waals surface area contributed by atoms with Crippen LogP contribution in [0.2, 0.25) is 0 Å². The van der Waals surface area contributed by atoms with E-state index >= 15 is 0 Å². The van der Waals surface area contributed by atoms with Crippen LogP contribution in [0.3, 0.4) is 0 Å². The van der Waals surface area contributed by atoms with Crippen molar-refractivity contribution >= 4 is 5.91 Å². The molecule has 26 heavy (non-hydrogen) atoms. The third-order valence-electron chi connectivity index (χ3n) is 4.12. The van der Waals surface area contributed by atoms with E-state index in [1.165, 1.54) is 12.7 Å². The van der Waals surface area contributed by atoms with Gasteiger partial charge in [0.2, 0.25) is 0 Å². The quantitative estimate of drug-likeness (QED) is 0.798. The second-order valence-electron chi connectivity index (χ2n) is 6.32. The summed E-state index contributed by atoms with van der Waals surface area (Å²) in [5.41, 5.74) is 1.27. The second kappa shape index (κ2) is 8.25. The molecule has 2 aromatic carbocycles. The van der Waals surface area contributed by atoms with Crippen molar-refractivity contribution in [3.63, 3.8) is 0 Å². The Kier molecular flexibility index (Phi) is 6.29. The zero-order valence-electron chi connectivity index (χ0n) is 15.0. The maximum atomic E-state index is 12.9. The first-order valence-corrected chi connectivity index (χ1v) is 8.34. The number of hydrogen-bond donors (Lipinski definition) is 1. The minimum Gasteiger partial charge on any atom is -0.496 e. The Morgan fingerprint density at radius 1 is 1.12 bits per heavy atom. The maximum absolute atomic E-state index is 12.9. The Hall–Kier alpha value is -2.50. The summed E-state index contributed by atoms with van der Waals surface area (Å²) in [5.74, 6) is -0.0411. The van der Waals surface area contributed by atoms with E-state index in [-0.39, 0.29) is 11.3 Å². The highest BCUT2D eigenvalue weighted by molar-refractivity contribution is 5.97. The van der Waals surface area contributed by atoms with Gasteiger partial charge in [0.1, 0.15) is 5.75 Å². The van der Waals surface area contributed by atoms with Crippen molar-refractivity contribution in [2.45, 2.75) is 32.4 Å². The predicted molar refractivity (Wildman–Crippen MR) is 94.6 cm³/mol. The van der Waals surface area contributed by atoms with Gasteiger partial charge < -0.3 is 10.1 Å². The van der Waals surface area contributed by atoms with E-state index in [0.717, 1.165) is 23.8 Å². The molecule has 0 radical (unpaired) electrons. The lowest BCUT2D eigenvalue weighted by molar-refractivity contribution is -0.137. The fourth-order valence-electron chi connectivity index (χ4n) is 2.55. The first-order valence-electron chi connectivity index (χ1n) is 8.34. The van der Waals surface area contributed by atoms with Crippen molar-refractivity contribution < 1.29 is 22.7 Å². The summed E-state index contributed by atoms with van der Waals surface area (Å²) in [5, 5.41) is 2.65. The average Bonchev–Trinajstić information content (AvgIpc) is 2.60. The molecule has 0 fully saturated rings. The number of ether oxygens (including phenoxy) is 1. The molecular formula is C20H22F3NO2. The third kappa shape index (κ3) is 5.00. The Balaban J connectivity index is 2.03. The summed E-state index contributed by atoms with van der Waals surface area (Å²) in [6.07, 6.45) is -3.93. The molecule has 0 aliphatic heterocycles. The van der Waals surface area contributed by atoms with Gasteiger partial charge in [-0.25, -0.2) is 0 Å². The minimum atomic E-state index is -4.51. The summed E-state index contributed by atoms with van der Waals surface area (Å²) < 4.78 is 43.6. The first kappa shape index (κ1) is 19.8. The van der Waals surface area contributed by atoms with Crippen LogP contribution in [0.15, 0.2) is 42.5 Å². The van der Waals surface area contributed by atoms with Gasteiger partial charge in [-0.05, 0) is 41.7 Å². The van der Waals surface area contributed by atoms with Gasteiger partial charge in [0, 0.05) is 6.54 Å². The molecule has 0 aromatic heterocycles. The topological polar surface area (TPSA) is 38.3 Å². The number of amides is 1. The van der Waals surface area contributed by atoms with E-state index in [1.807, 2.05) is 24.3 Å². The Labute approximate surface area is 151 Å². The van der Waals surface area contributed by atoms with Crippen molar-refractivity contribution in [2.75, 3.05) is 13.7 Å². The predicted octanol–water partition coefficient (Wildman–Crippen LogP) is 4.81. The van der Waals surface area contributed by atoms with Gasteiger partial charge in [-0.2, -0.15) is 13.2 Å². The molecule has 3 nitrogen and oxygen atoms in total. The van der Waals surface area contributed by atoms with E-state index in [1.54, 1.807) is 0 Å². The normalized spacial score (nSPS) is 11.5. The molecule has 0 saturated carbocycles. The molecule has 0 aliphatic carbocycles. The van der Waals surface area contributed by atoms with Crippen LogP contribution >= 0.6 is 0 Å². The number of methoxy groups -OCH3 is 1. The summed E-state index contributed by atoms with van der Waals surface area (Å²) in [6, 6.07) is 10.9. The van der Waals surface area contributed by atoms with E-state index in [9.17, 15) is 18.0 Å². The molecule has 1 N–H and O–H groups in total. The SMILES string of the molecule is COc1ccc(C(F)(F)F)cc1C(=O)NCCc1ccc(C(C)C)cc1. The third-order valence-corrected chi connectivity index (χ3v) is 4.12. The number of alkyl halides is 3. The monoisotopic (exact) mass is 365 g/mol. The molecule has 0 aliphatic rings. The van der Waals surface area contributed by atoms with Crippen LogP contribution in [0.4, 0.5) is 13.2 Å². The number of benzene rings is 2. The lowest BCUT2D eigenvalue weighted by Crippen LogP contribution is -2.26. The van der Waals surface area contributed by atoms with E-state index in [2.05, 4.69) is 19.2 Å². The zero-order valence-corrected chi connectivity index (χ0v) is 15.0. The fraction of sp³-hybridized carbons (Fsp3) is 0.350. The van der Waals surface area contributed by atoms with E-state index < -0.39 is 17.6 Å². The van der Waals surface area contributed by atoms with Gasteiger partial charge in [0.05, 0.1) is 18.2 Å². The van der Waals surface area contributed by atoms with Crippen LogP contribution < -0.4 is 10.1 Å². The smallest absolute Gasteiger partial charge is 0.416 e. The number of nitrogens with one attached hydrogen (secondary N) is 1. The molecule has 6 heteroatoms. The molecule has 0 atom stereocenters. The Morgan fingerprint density at radius 3 is 2.31 bits per heavy atom. The minimum absolute atomic E-state index is 0.108. The molecule has 2 rings (SSSR count). The van der Waals surface area contributed by atoms with Crippen molar-refractivity contribution in [1.82, 2.24) is 5.32 Å². The van der Waals surface area contributed by atoms with Crippen LogP contribution in [0.1, 0.15) is 46.8 Å². The summed E-state index contributed by atoms with van der Waals surface area (Å²) in [7, 11) is 1.32. The van der Waals surface area contributed by atoms with Crippen LogP contribution in [0.5, 0.6) is 5.75 Å². The molecule has 2 aromatic rings. The highest BCUT2D eigenvalue weighted by atomic mass is 19.4. The second-order valence-corrected chi connectivity index (χ2v) is 6.32. The lowest BCUT2D eigenvalue weighted by atomic mass is 10.0.